The summed E-state index contributed by atoms with van der Waals surface area (Å²) in [5, 5.41) is 0.240. The Bertz CT molecular complexity index is 695. The number of unbranched alkanes of at least 4 members (excludes halogenated alkanes) is 14. The highest BCUT2D eigenvalue weighted by molar-refractivity contribution is 6.74. The first-order chi connectivity index (χ1) is 19.1. The van der Waals surface area contributed by atoms with Crippen LogP contribution >= 0.6 is 0 Å². The highest BCUT2D eigenvalue weighted by Gasteiger charge is 2.48. The van der Waals surface area contributed by atoms with Crippen LogP contribution in [0.3, 0.4) is 0 Å². The second-order valence-corrected chi connectivity index (χ2v) is 25.6. The van der Waals surface area contributed by atoms with Gasteiger partial charge in [-0.25, -0.2) is 0 Å². The highest BCUT2D eigenvalue weighted by atomic mass is 28.4. The molecule has 4 nitrogen and oxygen atoms in total. The fourth-order valence-electron chi connectivity index (χ4n) is 5.33. The van der Waals surface area contributed by atoms with Crippen LogP contribution in [0.1, 0.15) is 158 Å². The first-order valence-corrected chi connectivity index (χ1v) is 23.3. The van der Waals surface area contributed by atoms with Crippen molar-refractivity contribution in [1.82, 2.24) is 0 Å². The van der Waals surface area contributed by atoms with Crippen LogP contribution in [0, 0.1) is 0 Å². The molecule has 0 radical (unpaired) electrons. The lowest BCUT2D eigenvalue weighted by Crippen LogP contribution is -2.47. The van der Waals surface area contributed by atoms with Crippen molar-refractivity contribution in [3.05, 3.63) is 0 Å². The van der Waals surface area contributed by atoms with Crippen LogP contribution in [-0.4, -0.2) is 47.3 Å². The maximum absolute atomic E-state index is 12.1. The highest BCUT2D eigenvalue weighted by Crippen LogP contribution is 2.42. The van der Waals surface area contributed by atoms with Crippen LogP contribution in [0.4, 0.5) is 0 Å². The van der Waals surface area contributed by atoms with Crippen molar-refractivity contribution in [3.8, 4) is 0 Å². The van der Waals surface area contributed by atoms with Crippen molar-refractivity contribution in [2.45, 2.75) is 218 Å². The van der Waals surface area contributed by atoms with E-state index in [0.29, 0.717) is 0 Å². The van der Waals surface area contributed by atoms with E-state index in [1.165, 1.54) is 89.9 Å². The molecule has 0 bridgehead atoms. The molecule has 1 saturated heterocycles. The summed E-state index contributed by atoms with van der Waals surface area (Å²) < 4.78 is 20.1. The number of carbonyl (C=O) groups is 1. The van der Waals surface area contributed by atoms with Crippen LogP contribution in [-0.2, 0) is 18.4 Å². The Labute approximate surface area is 259 Å². The molecule has 0 aromatic heterocycles. The Hall–Kier alpha value is -0.0162. The molecule has 1 aliphatic rings. The number of ether oxygens (including phenoxy) is 1. The Kier molecular flexibility index (Phi) is 17.8. The molecule has 0 aliphatic carbocycles. The fourth-order valence-corrected chi connectivity index (χ4v) is 8.05. The quantitative estimate of drug-likeness (QED) is 0.0693. The zero-order valence-electron chi connectivity index (χ0n) is 29.5. The third-order valence-corrected chi connectivity index (χ3v) is 19.3. The lowest BCUT2D eigenvalue weighted by Gasteiger charge is -2.41. The molecule has 1 aliphatic heterocycles. The van der Waals surface area contributed by atoms with E-state index in [2.05, 4.69) is 74.7 Å². The predicted octanol–water partition coefficient (Wildman–Crippen LogP) is 11.4. The van der Waals surface area contributed by atoms with Gasteiger partial charge in [0.25, 0.3) is 0 Å². The van der Waals surface area contributed by atoms with E-state index in [-0.39, 0.29) is 28.4 Å². The third-order valence-electron chi connectivity index (χ3n) is 10.3. The molecule has 4 atom stereocenters. The second-order valence-electron chi connectivity index (χ2n) is 16.1. The van der Waals surface area contributed by atoms with E-state index < -0.39 is 22.7 Å². The van der Waals surface area contributed by atoms with Crippen molar-refractivity contribution < 1.29 is 18.4 Å². The van der Waals surface area contributed by atoms with Gasteiger partial charge in [0.2, 0.25) is 0 Å². The van der Waals surface area contributed by atoms with Crippen molar-refractivity contribution in [2.24, 2.45) is 0 Å². The SMILES string of the molecule is CCCCCCCCCCCCCCCCC[C@H](O[Si](C)(C)C(C)(C)C)[C@@H]1C[C@@H](O[Si](C)(C)C(C)(C)C)[C@@H](C=O)O1. The van der Waals surface area contributed by atoms with Gasteiger partial charge in [-0.05, 0) is 42.7 Å². The summed E-state index contributed by atoms with van der Waals surface area (Å²) in [6, 6.07) is 0. The maximum atomic E-state index is 12.1. The molecule has 0 saturated carbocycles. The monoisotopic (exact) mass is 612 g/mol. The normalized spacial score (nSPS) is 21.4. The number of rotatable bonds is 22. The smallest absolute Gasteiger partial charge is 0.192 e. The minimum atomic E-state index is -2.00. The molecule has 6 heteroatoms. The molecular formula is C35H72O4Si2. The van der Waals surface area contributed by atoms with Gasteiger partial charge in [0, 0.05) is 6.42 Å². The lowest BCUT2D eigenvalue weighted by molar-refractivity contribution is -0.122. The molecule has 244 valence electrons. The van der Waals surface area contributed by atoms with E-state index in [4.69, 9.17) is 13.6 Å². The fraction of sp³-hybridized carbons (Fsp3) is 0.971. The van der Waals surface area contributed by atoms with Crippen molar-refractivity contribution >= 4 is 22.9 Å². The Morgan fingerprint density at radius 2 is 1.12 bits per heavy atom. The van der Waals surface area contributed by atoms with E-state index in [9.17, 15) is 4.79 Å². The molecule has 0 aromatic carbocycles. The van der Waals surface area contributed by atoms with Crippen molar-refractivity contribution in [2.75, 3.05) is 0 Å². The molecule has 1 fully saturated rings. The molecule has 0 spiro atoms. The van der Waals surface area contributed by atoms with Gasteiger partial charge in [0.15, 0.2) is 22.9 Å². The van der Waals surface area contributed by atoms with Gasteiger partial charge in [-0.2, -0.15) is 0 Å². The number of carbonyl (C=O) groups excluding carboxylic acids is 1. The van der Waals surface area contributed by atoms with Crippen LogP contribution in [0.5, 0.6) is 0 Å². The molecule has 0 unspecified atom stereocenters. The van der Waals surface area contributed by atoms with Gasteiger partial charge in [0.05, 0.1) is 18.3 Å². The van der Waals surface area contributed by atoms with E-state index in [1.54, 1.807) is 0 Å². The van der Waals surface area contributed by atoms with Gasteiger partial charge >= 0.3 is 0 Å². The minimum Gasteiger partial charge on any atom is -0.411 e. The van der Waals surface area contributed by atoms with Gasteiger partial charge in [0.1, 0.15) is 6.10 Å². The predicted molar refractivity (Wildman–Crippen MR) is 183 cm³/mol. The summed E-state index contributed by atoms with van der Waals surface area (Å²) in [5.74, 6) is 0. The zero-order chi connectivity index (χ0) is 31.2. The van der Waals surface area contributed by atoms with Gasteiger partial charge in [-0.3, -0.25) is 0 Å². The molecule has 0 amide bonds. The van der Waals surface area contributed by atoms with Crippen LogP contribution in [0.2, 0.25) is 36.3 Å². The van der Waals surface area contributed by atoms with Crippen LogP contribution in [0.25, 0.3) is 0 Å². The zero-order valence-corrected chi connectivity index (χ0v) is 31.5. The Morgan fingerprint density at radius 3 is 1.51 bits per heavy atom. The molecule has 1 heterocycles. The molecule has 0 aromatic rings. The standard InChI is InChI=1S/C35H72O4Si2/c1-12-13-14-15-16-17-18-19-20-21-22-23-24-25-26-27-30(38-40(8,9)34(2,3)4)31-28-32(33(29-36)37-31)39-41(10,11)35(5,6)7/h29-33H,12-28H2,1-11H3/t30-,31-,32+,33+/m0/s1. The van der Waals surface area contributed by atoms with Crippen LogP contribution < -0.4 is 0 Å². The van der Waals surface area contributed by atoms with Gasteiger partial charge in [-0.15, -0.1) is 0 Å². The summed E-state index contributed by atoms with van der Waals surface area (Å²) in [4.78, 5) is 12.1. The number of hydrogen-bond acceptors (Lipinski definition) is 4. The van der Waals surface area contributed by atoms with Gasteiger partial charge in [-0.1, -0.05) is 145 Å². The van der Waals surface area contributed by atoms with E-state index in [0.717, 1.165) is 25.5 Å². The Morgan fingerprint density at radius 1 is 0.707 bits per heavy atom. The summed E-state index contributed by atoms with van der Waals surface area (Å²) in [7, 11) is -3.98. The summed E-state index contributed by atoms with van der Waals surface area (Å²) in [6.07, 6.45) is 22.6. The van der Waals surface area contributed by atoms with Crippen LogP contribution in [0.15, 0.2) is 0 Å². The number of aldehydes is 1. The first-order valence-electron chi connectivity index (χ1n) is 17.5. The second kappa shape index (κ2) is 18.7. The van der Waals surface area contributed by atoms with E-state index in [1.807, 2.05) is 0 Å². The summed E-state index contributed by atoms with van der Waals surface area (Å²) in [6.45, 7) is 25.2. The van der Waals surface area contributed by atoms with Gasteiger partial charge < -0.3 is 18.4 Å². The first kappa shape index (κ1) is 39.0. The van der Waals surface area contributed by atoms with E-state index >= 15 is 0 Å². The summed E-state index contributed by atoms with van der Waals surface area (Å²) >= 11 is 0. The largest absolute Gasteiger partial charge is 0.411 e. The average Bonchev–Trinajstić information content (AvgIpc) is 3.26. The lowest BCUT2D eigenvalue weighted by atomic mass is 10.0. The number of hydrogen-bond donors (Lipinski definition) is 0. The third kappa shape index (κ3) is 14.5. The molecule has 0 N–H and O–H groups in total. The Balaban J connectivity index is 2.52. The maximum Gasteiger partial charge on any atom is 0.192 e. The molecule has 41 heavy (non-hydrogen) atoms. The molecular weight excluding hydrogens is 541 g/mol. The van der Waals surface area contributed by atoms with Crippen molar-refractivity contribution in [1.29, 1.82) is 0 Å². The molecule has 1 rings (SSSR count). The topological polar surface area (TPSA) is 44.8 Å². The summed E-state index contributed by atoms with van der Waals surface area (Å²) in [5.41, 5.74) is 0. The minimum absolute atomic E-state index is 0.0355. The average molecular weight is 613 g/mol. The van der Waals surface area contributed by atoms with Crippen molar-refractivity contribution in [3.63, 3.8) is 0 Å².